The Morgan fingerprint density at radius 1 is 0.654 bits per heavy atom. The molecule has 128 valence electrons. The van der Waals surface area contributed by atoms with Gasteiger partial charge >= 0.3 is 7.12 Å². The molecule has 5 rings (SSSR count). The van der Waals surface area contributed by atoms with E-state index in [2.05, 4.69) is 24.3 Å². The van der Waals surface area contributed by atoms with Crippen LogP contribution in [0.5, 0.6) is 11.5 Å². The number of hydrogen-bond acceptors (Lipinski definition) is 4. The highest BCUT2D eigenvalue weighted by Gasteiger charge is 2.42. The van der Waals surface area contributed by atoms with Crippen molar-refractivity contribution in [1.29, 1.82) is 0 Å². The quantitative estimate of drug-likeness (QED) is 0.680. The number of hydrogen-bond donors (Lipinski definition) is 0. The van der Waals surface area contributed by atoms with Crippen molar-refractivity contribution in [2.75, 3.05) is 6.79 Å². The second-order valence-electron chi connectivity index (χ2n) is 6.38. The van der Waals surface area contributed by atoms with Gasteiger partial charge in [-0.25, -0.2) is 0 Å². The van der Waals surface area contributed by atoms with Crippen molar-refractivity contribution in [3.8, 4) is 11.5 Å². The summed E-state index contributed by atoms with van der Waals surface area (Å²) >= 11 is 0. The molecule has 2 aliphatic rings. The molecule has 3 aromatic rings. The minimum Gasteiger partial charge on any atom is -0.454 e. The molecule has 0 bridgehead atoms. The van der Waals surface area contributed by atoms with Crippen LogP contribution in [0.4, 0.5) is 0 Å². The molecule has 2 atom stereocenters. The zero-order valence-electron chi connectivity index (χ0n) is 14.1. The largest absolute Gasteiger partial charge is 0.495 e. The highest BCUT2D eigenvalue weighted by Crippen LogP contribution is 2.41. The third kappa shape index (κ3) is 2.75. The predicted molar refractivity (Wildman–Crippen MR) is 98.5 cm³/mol. The molecule has 0 amide bonds. The van der Waals surface area contributed by atoms with Gasteiger partial charge in [-0.05, 0) is 28.7 Å². The van der Waals surface area contributed by atoms with Crippen LogP contribution in [0, 0.1) is 0 Å². The van der Waals surface area contributed by atoms with E-state index < -0.39 is 7.12 Å². The van der Waals surface area contributed by atoms with E-state index in [0.29, 0.717) is 0 Å². The van der Waals surface area contributed by atoms with Crippen LogP contribution in [0.25, 0.3) is 0 Å². The van der Waals surface area contributed by atoms with E-state index in [1.165, 1.54) is 0 Å². The maximum atomic E-state index is 6.34. The van der Waals surface area contributed by atoms with Crippen molar-refractivity contribution in [3.05, 3.63) is 90.0 Å². The van der Waals surface area contributed by atoms with E-state index in [-0.39, 0.29) is 19.0 Å². The van der Waals surface area contributed by atoms with Gasteiger partial charge in [0.1, 0.15) is 0 Å². The van der Waals surface area contributed by atoms with Crippen LogP contribution in [-0.2, 0) is 9.31 Å². The number of ether oxygens (including phenoxy) is 2. The molecular weight excluding hydrogens is 327 g/mol. The molecule has 2 heterocycles. The lowest BCUT2D eigenvalue weighted by Crippen LogP contribution is -2.31. The molecule has 26 heavy (non-hydrogen) atoms. The summed E-state index contributed by atoms with van der Waals surface area (Å²) in [6.07, 6.45) is -0.344. The molecular formula is C21H17BO4. The van der Waals surface area contributed by atoms with Crippen LogP contribution >= 0.6 is 0 Å². The van der Waals surface area contributed by atoms with Gasteiger partial charge < -0.3 is 18.8 Å². The van der Waals surface area contributed by atoms with Gasteiger partial charge in [-0.1, -0.05) is 66.7 Å². The third-order valence-corrected chi connectivity index (χ3v) is 4.74. The van der Waals surface area contributed by atoms with E-state index in [1.807, 2.05) is 54.6 Å². The third-order valence-electron chi connectivity index (χ3n) is 4.74. The summed E-state index contributed by atoms with van der Waals surface area (Å²) in [7, 11) is -0.458. The van der Waals surface area contributed by atoms with Crippen LogP contribution in [0.2, 0.25) is 0 Å². The molecule has 0 N–H and O–H groups in total. The fraction of sp³-hybridized carbons (Fsp3) is 0.143. The van der Waals surface area contributed by atoms with E-state index in [0.717, 1.165) is 28.1 Å². The Balaban J connectivity index is 1.50. The zero-order valence-corrected chi connectivity index (χ0v) is 14.1. The number of fused-ring (bicyclic) bond motifs is 1. The topological polar surface area (TPSA) is 36.9 Å². The SMILES string of the molecule is c1ccc(C2OB(c3ccc4c(c3)OCO4)OC2c2ccccc2)cc1. The maximum absolute atomic E-state index is 6.34. The standard InChI is InChI=1S/C21H17BO4/c1-3-7-15(8-4-1)20-21(16-9-5-2-6-10-16)26-22(25-20)17-11-12-18-19(13-17)24-14-23-18/h1-13,20-21H,14H2. The molecule has 0 aromatic heterocycles. The molecule has 0 radical (unpaired) electrons. The Hall–Kier alpha value is -2.76. The summed E-state index contributed by atoms with van der Waals surface area (Å²) in [4.78, 5) is 0. The second kappa shape index (κ2) is 6.52. The first-order chi connectivity index (χ1) is 12.9. The van der Waals surface area contributed by atoms with Crippen molar-refractivity contribution < 1.29 is 18.8 Å². The van der Waals surface area contributed by atoms with Crippen LogP contribution in [-0.4, -0.2) is 13.9 Å². The van der Waals surface area contributed by atoms with Gasteiger partial charge in [-0.15, -0.1) is 0 Å². The van der Waals surface area contributed by atoms with E-state index in [9.17, 15) is 0 Å². The van der Waals surface area contributed by atoms with Crippen molar-refractivity contribution in [3.63, 3.8) is 0 Å². The minimum absolute atomic E-state index is 0.172. The van der Waals surface area contributed by atoms with Crippen LogP contribution in [0.15, 0.2) is 78.9 Å². The molecule has 3 aromatic carbocycles. The Morgan fingerprint density at radius 2 is 1.23 bits per heavy atom. The lowest BCUT2D eigenvalue weighted by Gasteiger charge is -2.19. The highest BCUT2D eigenvalue weighted by molar-refractivity contribution is 6.62. The molecule has 2 unspecified atom stereocenters. The fourth-order valence-corrected chi connectivity index (χ4v) is 3.45. The summed E-state index contributed by atoms with van der Waals surface area (Å²) in [5.41, 5.74) is 3.13. The summed E-state index contributed by atoms with van der Waals surface area (Å²) < 4.78 is 23.6. The van der Waals surface area contributed by atoms with Crippen LogP contribution in [0.3, 0.4) is 0 Å². The monoisotopic (exact) mass is 344 g/mol. The first kappa shape index (κ1) is 15.5. The maximum Gasteiger partial charge on any atom is 0.495 e. The van der Waals surface area contributed by atoms with Crippen molar-refractivity contribution in [2.24, 2.45) is 0 Å². The highest BCUT2D eigenvalue weighted by atomic mass is 16.7. The first-order valence-corrected chi connectivity index (χ1v) is 8.69. The second-order valence-corrected chi connectivity index (χ2v) is 6.38. The Morgan fingerprint density at radius 3 is 1.85 bits per heavy atom. The van der Waals surface area contributed by atoms with Crippen LogP contribution in [0.1, 0.15) is 23.3 Å². The van der Waals surface area contributed by atoms with Gasteiger partial charge in [-0.3, -0.25) is 0 Å². The van der Waals surface area contributed by atoms with Crippen molar-refractivity contribution in [1.82, 2.24) is 0 Å². The molecule has 0 spiro atoms. The molecule has 1 fully saturated rings. The Labute approximate surface area is 152 Å². The van der Waals surface area contributed by atoms with Crippen molar-refractivity contribution in [2.45, 2.75) is 12.2 Å². The summed E-state index contributed by atoms with van der Waals surface area (Å²) in [5, 5.41) is 0. The lowest BCUT2D eigenvalue weighted by atomic mass is 9.79. The average molecular weight is 344 g/mol. The van der Waals surface area contributed by atoms with Gasteiger partial charge in [0.15, 0.2) is 11.5 Å². The van der Waals surface area contributed by atoms with E-state index in [1.54, 1.807) is 0 Å². The normalized spacial score (nSPS) is 21.2. The van der Waals surface area contributed by atoms with Gasteiger partial charge in [0, 0.05) is 0 Å². The smallest absolute Gasteiger partial charge is 0.454 e. The number of benzene rings is 3. The molecule has 5 heteroatoms. The number of rotatable bonds is 3. The molecule has 4 nitrogen and oxygen atoms in total. The molecule has 0 aliphatic carbocycles. The summed E-state index contributed by atoms with van der Waals surface area (Å²) in [6.45, 7) is 0.254. The Kier molecular flexibility index (Phi) is 3.89. The van der Waals surface area contributed by atoms with Gasteiger partial charge in [-0.2, -0.15) is 0 Å². The van der Waals surface area contributed by atoms with Crippen molar-refractivity contribution >= 4 is 12.6 Å². The van der Waals surface area contributed by atoms with Crippen LogP contribution < -0.4 is 14.9 Å². The fourth-order valence-electron chi connectivity index (χ4n) is 3.45. The van der Waals surface area contributed by atoms with Gasteiger partial charge in [0.2, 0.25) is 6.79 Å². The molecule has 0 saturated carbocycles. The van der Waals surface area contributed by atoms with E-state index >= 15 is 0 Å². The minimum atomic E-state index is -0.458. The molecule has 2 aliphatic heterocycles. The van der Waals surface area contributed by atoms with E-state index in [4.69, 9.17) is 18.8 Å². The van der Waals surface area contributed by atoms with Gasteiger partial charge in [0.05, 0.1) is 12.2 Å². The van der Waals surface area contributed by atoms with Gasteiger partial charge in [0.25, 0.3) is 0 Å². The molecule has 1 saturated heterocycles. The lowest BCUT2D eigenvalue weighted by molar-refractivity contribution is 0.159. The summed E-state index contributed by atoms with van der Waals surface area (Å²) in [6, 6.07) is 26.2. The summed E-state index contributed by atoms with van der Waals surface area (Å²) in [5.74, 6) is 1.49. The predicted octanol–water partition coefficient (Wildman–Crippen LogP) is 3.64. The average Bonchev–Trinajstić information content (AvgIpc) is 3.36. The zero-order chi connectivity index (χ0) is 17.3. The first-order valence-electron chi connectivity index (χ1n) is 8.69. The Bertz CT molecular complexity index is 853.